The number of nitrogens with one attached hydrogen (secondary N) is 1. The topological polar surface area (TPSA) is 84.9 Å². The number of pyridine rings is 1. The highest BCUT2D eigenvalue weighted by Crippen LogP contribution is 2.43. The Morgan fingerprint density at radius 2 is 1.89 bits per heavy atom. The van der Waals surface area contributed by atoms with Crippen LogP contribution in [0.2, 0.25) is 0 Å². The third-order valence-corrected chi connectivity index (χ3v) is 5.75. The van der Waals surface area contributed by atoms with E-state index in [2.05, 4.69) is 71.4 Å². The van der Waals surface area contributed by atoms with Gasteiger partial charge in [0.1, 0.15) is 6.33 Å². The molecule has 0 atom stereocenters. The Morgan fingerprint density at radius 3 is 2.57 bits per heavy atom. The monoisotopic (exact) mass is 372 g/mol. The second-order valence-corrected chi connectivity index (χ2v) is 8.19. The maximum atomic E-state index is 6.33. The van der Waals surface area contributed by atoms with Crippen LogP contribution in [0.4, 0.5) is 0 Å². The van der Waals surface area contributed by atoms with Crippen LogP contribution in [0.3, 0.4) is 0 Å². The molecule has 3 aromatic heterocycles. The largest absolute Gasteiger partial charge is 0.321 e. The fraction of sp³-hybridized carbons (Fsp3) is 0.318. The van der Waals surface area contributed by atoms with Gasteiger partial charge >= 0.3 is 0 Å². The molecule has 6 nitrogen and oxygen atoms in total. The van der Waals surface area contributed by atoms with E-state index in [4.69, 9.17) is 5.73 Å². The van der Waals surface area contributed by atoms with Gasteiger partial charge in [-0.1, -0.05) is 38.1 Å². The van der Waals surface area contributed by atoms with E-state index < -0.39 is 0 Å². The molecule has 1 aliphatic carbocycles. The zero-order valence-corrected chi connectivity index (χ0v) is 16.4. The minimum Gasteiger partial charge on any atom is -0.321 e. The van der Waals surface area contributed by atoms with Crippen LogP contribution < -0.4 is 5.73 Å². The third kappa shape index (κ3) is 2.64. The molecule has 3 N–H and O–H groups in total. The highest BCUT2D eigenvalue weighted by Gasteiger charge is 2.39. The van der Waals surface area contributed by atoms with Crippen molar-refractivity contribution in [2.45, 2.75) is 45.1 Å². The number of hydrogen-bond donors (Lipinski definition) is 2. The Balaban J connectivity index is 1.61. The van der Waals surface area contributed by atoms with Crippen molar-refractivity contribution in [2.75, 3.05) is 0 Å². The number of nitrogens with two attached hydrogens (primary N) is 1. The lowest BCUT2D eigenvalue weighted by molar-refractivity contribution is 0.740. The minimum absolute atomic E-state index is 0.108. The van der Waals surface area contributed by atoms with E-state index in [1.54, 1.807) is 6.33 Å². The van der Waals surface area contributed by atoms with Crippen molar-refractivity contribution in [3.05, 3.63) is 59.5 Å². The van der Waals surface area contributed by atoms with E-state index in [9.17, 15) is 0 Å². The molecule has 0 saturated heterocycles. The lowest BCUT2D eigenvalue weighted by Crippen LogP contribution is -2.18. The predicted octanol–water partition coefficient (Wildman–Crippen LogP) is 4.17. The molecule has 142 valence electrons. The maximum absolute atomic E-state index is 6.33. The molecule has 0 unspecified atom stereocenters. The van der Waals surface area contributed by atoms with Crippen LogP contribution in [-0.4, -0.2) is 24.8 Å². The highest BCUT2D eigenvalue weighted by atomic mass is 15.3. The maximum Gasteiger partial charge on any atom is 0.158 e. The summed E-state index contributed by atoms with van der Waals surface area (Å²) in [6, 6.07) is 10.7. The quantitative estimate of drug-likeness (QED) is 0.563. The molecule has 1 saturated carbocycles. The van der Waals surface area contributed by atoms with Crippen LogP contribution in [0.1, 0.15) is 49.3 Å². The average Bonchev–Trinajstić information content (AvgIpc) is 3.11. The van der Waals surface area contributed by atoms with Crippen LogP contribution in [0.25, 0.3) is 28.2 Å². The SMILES string of the molecule is Cc1cc(-c2n[nH]c(-c3ccc(C4(N)CC4)cc3)c2C(C)C)cn2ncnc12. The molecule has 0 spiro atoms. The molecule has 5 rings (SSSR count). The fourth-order valence-corrected chi connectivity index (χ4v) is 3.97. The van der Waals surface area contributed by atoms with Crippen molar-refractivity contribution < 1.29 is 0 Å². The van der Waals surface area contributed by atoms with Gasteiger partial charge in [-0.2, -0.15) is 10.2 Å². The summed E-state index contributed by atoms with van der Waals surface area (Å²) in [5, 5.41) is 12.3. The lowest BCUT2D eigenvalue weighted by Gasteiger charge is -2.12. The number of aromatic amines is 1. The molecule has 0 bridgehead atoms. The van der Waals surface area contributed by atoms with E-state index in [1.807, 2.05) is 10.7 Å². The number of hydrogen-bond acceptors (Lipinski definition) is 4. The summed E-state index contributed by atoms with van der Waals surface area (Å²) in [5.41, 5.74) is 14.8. The zero-order chi connectivity index (χ0) is 19.5. The number of aromatic nitrogens is 5. The van der Waals surface area contributed by atoms with Crippen molar-refractivity contribution in [1.29, 1.82) is 0 Å². The van der Waals surface area contributed by atoms with E-state index in [0.717, 1.165) is 46.6 Å². The van der Waals surface area contributed by atoms with Crippen molar-refractivity contribution in [2.24, 2.45) is 5.73 Å². The molecule has 0 amide bonds. The Labute approximate surface area is 163 Å². The van der Waals surface area contributed by atoms with Crippen LogP contribution >= 0.6 is 0 Å². The molecule has 4 aromatic rings. The zero-order valence-electron chi connectivity index (χ0n) is 16.4. The van der Waals surface area contributed by atoms with Gasteiger partial charge in [-0.25, -0.2) is 9.50 Å². The molecular formula is C22H24N6. The number of aryl methyl sites for hydroxylation is 1. The lowest BCUT2D eigenvalue weighted by atomic mass is 9.93. The second-order valence-electron chi connectivity index (χ2n) is 8.19. The first-order valence-electron chi connectivity index (χ1n) is 9.75. The van der Waals surface area contributed by atoms with Gasteiger partial charge in [-0.05, 0) is 48.4 Å². The molecule has 1 aromatic carbocycles. The number of fused-ring (bicyclic) bond motifs is 1. The van der Waals surface area contributed by atoms with Gasteiger partial charge in [-0.15, -0.1) is 0 Å². The number of H-pyrrole nitrogens is 1. The van der Waals surface area contributed by atoms with Crippen LogP contribution in [-0.2, 0) is 5.54 Å². The molecule has 0 radical (unpaired) electrons. The molecule has 1 fully saturated rings. The summed E-state index contributed by atoms with van der Waals surface area (Å²) in [6.07, 6.45) is 5.72. The smallest absolute Gasteiger partial charge is 0.158 e. The minimum atomic E-state index is -0.108. The highest BCUT2D eigenvalue weighted by molar-refractivity contribution is 5.76. The second kappa shape index (κ2) is 6.01. The molecule has 6 heteroatoms. The first-order chi connectivity index (χ1) is 13.5. The molecule has 1 aliphatic rings. The van der Waals surface area contributed by atoms with E-state index in [-0.39, 0.29) is 5.54 Å². The Morgan fingerprint density at radius 1 is 1.14 bits per heavy atom. The molecule has 28 heavy (non-hydrogen) atoms. The number of nitrogens with zero attached hydrogens (tertiary/aromatic N) is 4. The van der Waals surface area contributed by atoms with Crippen molar-refractivity contribution >= 4 is 5.65 Å². The fourth-order valence-electron chi connectivity index (χ4n) is 3.97. The van der Waals surface area contributed by atoms with Gasteiger partial charge in [-0.3, -0.25) is 5.10 Å². The van der Waals surface area contributed by atoms with E-state index in [0.29, 0.717) is 5.92 Å². The summed E-state index contributed by atoms with van der Waals surface area (Å²) >= 11 is 0. The van der Waals surface area contributed by atoms with Crippen LogP contribution in [0.5, 0.6) is 0 Å². The Bertz CT molecular complexity index is 1160. The van der Waals surface area contributed by atoms with Gasteiger partial charge in [0.15, 0.2) is 5.65 Å². The standard InChI is InChI=1S/C22H24N6/c1-13(2)18-19(15-4-6-17(7-5-15)22(23)8-9-22)26-27-20(18)16-10-14(3)21-24-12-25-28(21)11-16/h4-7,10-13H,8-9,23H2,1-3H3,(H,26,27). The Kier molecular flexibility index (Phi) is 3.67. The van der Waals surface area contributed by atoms with E-state index >= 15 is 0 Å². The van der Waals surface area contributed by atoms with Crippen molar-refractivity contribution in [3.63, 3.8) is 0 Å². The number of benzene rings is 1. The number of rotatable bonds is 4. The van der Waals surface area contributed by atoms with Gasteiger partial charge in [0.25, 0.3) is 0 Å². The molecular weight excluding hydrogens is 348 g/mol. The summed E-state index contributed by atoms with van der Waals surface area (Å²) < 4.78 is 1.81. The van der Waals surface area contributed by atoms with Crippen LogP contribution in [0.15, 0.2) is 42.9 Å². The Hall–Kier alpha value is -2.99. The van der Waals surface area contributed by atoms with Crippen LogP contribution in [0, 0.1) is 6.92 Å². The first-order valence-corrected chi connectivity index (χ1v) is 9.75. The van der Waals surface area contributed by atoms with Crippen molar-refractivity contribution in [3.8, 4) is 22.5 Å². The van der Waals surface area contributed by atoms with Gasteiger partial charge < -0.3 is 5.73 Å². The van der Waals surface area contributed by atoms with Crippen molar-refractivity contribution in [1.82, 2.24) is 24.8 Å². The first kappa shape index (κ1) is 17.1. The van der Waals surface area contributed by atoms with Gasteiger partial charge in [0.05, 0.1) is 11.4 Å². The summed E-state index contributed by atoms with van der Waals surface area (Å²) in [6.45, 7) is 6.45. The molecule has 3 heterocycles. The molecule has 0 aliphatic heterocycles. The average molecular weight is 372 g/mol. The predicted molar refractivity (Wildman–Crippen MR) is 110 cm³/mol. The van der Waals surface area contributed by atoms with E-state index in [1.165, 1.54) is 11.1 Å². The van der Waals surface area contributed by atoms with Gasteiger partial charge in [0.2, 0.25) is 0 Å². The normalized spacial score (nSPS) is 15.5. The van der Waals surface area contributed by atoms with Gasteiger partial charge in [0, 0.05) is 22.9 Å². The third-order valence-electron chi connectivity index (χ3n) is 5.75. The summed E-state index contributed by atoms with van der Waals surface area (Å²) in [4.78, 5) is 4.31. The summed E-state index contributed by atoms with van der Waals surface area (Å²) in [5.74, 6) is 0.319. The summed E-state index contributed by atoms with van der Waals surface area (Å²) in [7, 11) is 0.